The fraction of sp³-hybridized carbons (Fsp3) is 0.167. The monoisotopic (exact) mass is 325 g/mol. The summed E-state index contributed by atoms with van der Waals surface area (Å²) in [7, 11) is 1.29. The lowest BCUT2D eigenvalue weighted by atomic mass is 10.2. The van der Waals surface area contributed by atoms with Gasteiger partial charge in [0.2, 0.25) is 5.95 Å². The molecule has 3 N–H and O–H groups in total. The Morgan fingerprint density at radius 2 is 2.14 bits per heavy atom. The minimum Gasteiger partial charge on any atom is -0.468 e. The number of hydrogen-bond acceptors (Lipinski definition) is 6. The van der Waals surface area contributed by atoms with Gasteiger partial charge in [0, 0.05) is 10.6 Å². The molecule has 2 rings (SSSR count). The molecule has 21 heavy (non-hydrogen) atoms. The van der Waals surface area contributed by atoms with Gasteiger partial charge in [-0.1, -0.05) is 11.6 Å². The molecular weight excluding hydrogens is 314 g/mol. The Hall–Kier alpha value is -2.19. The molecule has 2 aromatic rings. The molecule has 0 radical (unpaired) electrons. The molecule has 1 aromatic carbocycles. The van der Waals surface area contributed by atoms with E-state index in [4.69, 9.17) is 29.6 Å². The van der Waals surface area contributed by atoms with Crippen LogP contribution < -0.4 is 11.1 Å². The number of thiocarbonyl (C=S) groups is 1. The van der Waals surface area contributed by atoms with Crippen LogP contribution in [-0.2, 0) is 9.53 Å². The third-order valence-electron chi connectivity index (χ3n) is 2.54. The third kappa shape index (κ3) is 3.67. The second-order valence-corrected chi connectivity index (χ2v) is 4.77. The van der Waals surface area contributed by atoms with Crippen LogP contribution in [0.2, 0.25) is 5.02 Å². The summed E-state index contributed by atoms with van der Waals surface area (Å²) in [4.78, 5) is 15.2. The maximum atomic E-state index is 11.1. The van der Waals surface area contributed by atoms with Crippen LogP contribution in [0.3, 0.4) is 0 Å². The Morgan fingerprint density at radius 3 is 2.76 bits per heavy atom. The van der Waals surface area contributed by atoms with Crippen molar-refractivity contribution >= 4 is 40.8 Å². The van der Waals surface area contributed by atoms with E-state index in [0.717, 1.165) is 5.56 Å². The van der Waals surface area contributed by atoms with Crippen molar-refractivity contribution in [1.82, 2.24) is 20.1 Å². The number of carbonyl (C=O) groups is 1. The molecule has 0 saturated carbocycles. The van der Waals surface area contributed by atoms with Crippen molar-refractivity contribution in [2.75, 3.05) is 19.4 Å². The topological polar surface area (TPSA) is 95.1 Å². The van der Waals surface area contributed by atoms with Gasteiger partial charge in [0.05, 0.1) is 7.11 Å². The number of aromatic nitrogens is 3. The maximum absolute atomic E-state index is 11.1. The molecule has 0 amide bonds. The molecule has 1 aromatic heterocycles. The van der Waals surface area contributed by atoms with Crippen LogP contribution in [0.5, 0.6) is 0 Å². The number of esters is 1. The lowest BCUT2D eigenvalue weighted by Crippen LogP contribution is -2.34. The highest BCUT2D eigenvalue weighted by Gasteiger charge is 2.13. The van der Waals surface area contributed by atoms with E-state index in [9.17, 15) is 4.79 Å². The van der Waals surface area contributed by atoms with Gasteiger partial charge in [-0.25, -0.2) is 0 Å². The summed E-state index contributed by atoms with van der Waals surface area (Å²) < 4.78 is 5.74. The molecule has 0 spiro atoms. The van der Waals surface area contributed by atoms with Gasteiger partial charge in [-0.15, -0.1) is 5.10 Å². The van der Waals surface area contributed by atoms with Gasteiger partial charge in [-0.3, -0.25) is 4.79 Å². The minimum absolute atomic E-state index is 0.0785. The number of hydrogen-bond donors (Lipinski definition) is 2. The molecule has 0 bridgehead atoms. The zero-order valence-electron chi connectivity index (χ0n) is 11.0. The Balaban J connectivity index is 2.17. The molecule has 0 aliphatic heterocycles. The number of benzene rings is 1. The van der Waals surface area contributed by atoms with E-state index in [1.807, 2.05) is 0 Å². The third-order valence-corrected chi connectivity index (χ3v) is 3.11. The summed E-state index contributed by atoms with van der Waals surface area (Å²) in [5.41, 5.74) is 6.52. The van der Waals surface area contributed by atoms with Crippen molar-refractivity contribution in [2.24, 2.45) is 0 Å². The number of nitrogens with one attached hydrogen (secondary N) is 1. The Labute approximate surface area is 131 Å². The van der Waals surface area contributed by atoms with Gasteiger partial charge in [-0.05, 0) is 36.5 Å². The number of nitrogen functional groups attached to an aromatic ring is 1. The Kier molecular flexibility index (Phi) is 4.71. The summed E-state index contributed by atoms with van der Waals surface area (Å²) >= 11 is 10.9. The van der Waals surface area contributed by atoms with Crippen LogP contribution in [0.4, 0.5) is 5.95 Å². The molecule has 9 heteroatoms. The van der Waals surface area contributed by atoms with E-state index in [1.54, 1.807) is 24.3 Å². The van der Waals surface area contributed by atoms with Gasteiger partial charge in [0.25, 0.3) is 0 Å². The summed E-state index contributed by atoms with van der Waals surface area (Å²) in [6.07, 6.45) is 0. The maximum Gasteiger partial charge on any atom is 0.325 e. The molecule has 0 fully saturated rings. The molecule has 110 valence electrons. The molecular formula is C12H12ClN5O2S. The van der Waals surface area contributed by atoms with Gasteiger partial charge >= 0.3 is 5.97 Å². The molecule has 1 heterocycles. The van der Waals surface area contributed by atoms with Crippen LogP contribution in [0.25, 0.3) is 11.4 Å². The van der Waals surface area contributed by atoms with E-state index in [2.05, 4.69) is 20.1 Å². The second kappa shape index (κ2) is 6.51. The summed E-state index contributed by atoms with van der Waals surface area (Å²) in [6.45, 7) is -0.0785. The molecule has 0 aliphatic rings. The number of ether oxygens (including phenoxy) is 1. The van der Waals surface area contributed by atoms with Crippen molar-refractivity contribution in [1.29, 1.82) is 0 Å². The fourth-order valence-corrected chi connectivity index (χ4v) is 1.82. The van der Waals surface area contributed by atoms with Crippen molar-refractivity contribution < 1.29 is 9.53 Å². The normalized spacial score (nSPS) is 10.2. The quantitative estimate of drug-likeness (QED) is 0.644. The van der Waals surface area contributed by atoms with Crippen LogP contribution in [0.1, 0.15) is 0 Å². The first-order valence-electron chi connectivity index (χ1n) is 5.84. The first-order chi connectivity index (χ1) is 10.0. The molecule has 0 unspecified atom stereocenters. The van der Waals surface area contributed by atoms with E-state index in [-0.39, 0.29) is 17.6 Å². The fourth-order valence-electron chi connectivity index (χ4n) is 1.49. The number of nitrogens with zero attached hydrogens (tertiary/aromatic N) is 3. The number of nitrogens with two attached hydrogens (primary N) is 1. The lowest BCUT2D eigenvalue weighted by Gasteiger charge is -2.06. The average Bonchev–Trinajstić information content (AvgIpc) is 2.87. The molecule has 0 atom stereocenters. The van der Waals surface area contributed by atoms with E-state index < -0.39 is 5.97 Å². The summed E-state index contributed by atoms with van der Waals surface area (Å²) in [5.74, 6) is 0.0719. The van der Waals surface area contributed by atoms with Crippen molar-refractivity contribution in [3.05, 3.63) is 29.3 Å². The average molecular weight is 326 g/mol. The highest BCUT2D eigenvalue weighted by atomic mass is 35.5. The highest BCUT2D eigenvalue weighted by Crippen LogP contribution is 2.19. The molecule has 0 aliphatic carbocycles. The number of methoxy groups -OCH3 is 1. The summed E-state index contributed by atoms with van der Waals surface area (Å²) in [6, 6.07) is 6.99. The molecule has 0 saturated heterocycles. The highest BCUT2D eigenvalue weighted by molar-refractivity contribution is 7.80. The predicted octanol–water partition coefficient (Wildman–Crippen LogP) is 1.08. The van der Waals surface area contributed by atoms with E-state index in [1.165, 1.54) is 11.8 Å². The van der Waals surface area contributed by atoms with E-state index >= 15 is 0 Å². The Morgan fingerprint density at radius 1 is 1.48 bits per heavy atom. The zero-order chi connectivity index (χ0) is 15.4. The van der Waals surface area contributed by atoms with Gasteiger partial charge in [0.15, 0.2) is 10.9 Å². The van der Waals surface area contributed by atoms with Crippen molar-refractivity contribution in [2.45, 2.75) is 0 Å². The van der Waals surface area contributed by atoms with Crippen LogP contribution >= 0.6 is 23.8 Å². The number of carbonyl (C=O) groups excluding carboxylic acids is 1. The van der Waals surface area contributed by atoms with Gasteiger partial charge < -0.3 is 15.8 Å². The smallest absolute Gasteiger partial charge is 0.325 e. The first-order valence-corrected chi connectivity index (χ1v) is 6.63. The largest absolute Gasteiger partial charge is 0.468 e. The standard InChI is InChI=1S/C12H12ClN5O2S/c1-20-9(19)6-15-12(21)18-11(14)16-10(17-18)7-2-4-8(13)5-3-7/h2-5H,6H2,1H3,(H,15,21)(H2,14,16,17). The Bertz CT molecular complexity index is 671. The lowest BCUT2D eigenvalue weighted by molar-refractivity contribution is -0.139. The van der Waals surface area contributed by atoms with Crippen molar-refractivity contribution in [3.8, 4) is 11.4 Å². The molecule has 7 nitrogen and oxygen atoms in total. The van der Waals surface area contributed by atoms with Gasteiger partial charge in [-0.2, -0.15) is 9.67 Å². The summed E-state index contributed by atoms with van der Waals surface area (Å²) in [5, 5.41) is 7.65. The van der Waals surface area contributed by atoms with E-state index in [0.29, 0.717) is 10.8 Å². The predicted molar refractivity (Wildman–Crippen MR) is 82.9 cm³/mol. The van der Waals surface area contributed by atoms with Gasteiger partial charge in [0.1, 0.15) is 6.54 Å². The number of rotatable bonds is 3. The minimum atomic E-state index is -0.450. The zero-order valence-corrected chi connectivity index (χ0v) is 12.6. The SMILES string of the molecule is COC(=O)CNC(=S)n1nc(-c2ccc(Cl)cc2)nc1N. The van der Waals surface area contributed by atoms with Crippen LogP contribution in [0, 0.1) is 0 Å². The number of halogens is 1. The van der Waals surface area contributed by atoms with Crippen LogP contribution in [-0.4, -0.2) is 39.5 Å². The van der Waals surface area contributed by atoms with Crippen LogP contribution in [0.15, 0.2) is 24.3 Å². The van der Waals surface area contributed by atoms with Crippen molar-refractivity contribution in [3.63, 3.8) is 0 Å². The number of anilines is 1. The second-order valence-electron chi connectivity index (χ2n) is 3.95. The first kappa shape index (κ1) is 15.2.